The molecule has 1 aromatic carbocycles. The molecular formula is C20H26ClF4N3O4. The topological polar surface area (TPSA) is 82.1 Å². The number of ether oxygens (including phenoxy) is 1. The molecule has 2 N–H and O–H groups in total. The van der Waals surface area contributed by atoms with Crippen LogP contribution in [0.25, 0.3) is 0 Å². The van der Waals surface area contributed by atoms with Gasteiger partial charge < -0.3 is 20.1 Å². The number of halogens is 5. The first kappa shape index (κ1) is 26.1. The molecule has 1 unspecified atom stereocenters. The molecule has 180 valence electrons. The van der Waals surface area contributed by atoms with Gasteiger partial charge in [-0.25, -0.2) is 14.0 Å². The molecule has 0 radical (unpaired) electrons. The lowest BCUT2D eigenvalue weighted by atomic mass is 9.87. The molecule has 0 aromatic heterocycles. The summed E-state index contributed by atoms with van der Waals surface area (Å²) in [5.74, 6) is -3.13. The highest BCUT2D eigenvalue weighted by atomic mass is 35.5. The standard InChI is InChI=1S/C18H25ClFN3O2.C2HF3O2/c1-22(2)17(24)21-14-10-18(25-12-14)5-7-23(8-6-18)11-13-3-4-15(19)16(20)9-13;3-2(4,5)1(6)7/h3-4,9,14H,5-8,10-12H2,1-2H3,(H,21,24);(H,6,7). The van der Waals surface area contributed by atoms with Gasteiger partial charge in [-0.1, -0.05) is 17.7 Å². The van der Waals surface area contributed by atoms with Gasteiger partial charge in [0, 0.05) is 33.7 Å². The van der Waals surface area contributed by atoms with Gasteiger partial charge in [-0.3, -0.25) is 4.90 Å². The van der Waals surface area contributed by atoms with Crippen molar-refractivity contribution in [1.29, 1.82) is 0 Å². The maximum Gasteiger partial charge on any atom is 0.490 e. The number of nitrogens with one attached hydrogen (secondary N) is 1. The third kappa shape index (κ3) is 7.49. The Morgan fingerprint density at radius 1 is 1.31 bits per heavy atom. The fraction of sp³-hybridized carbons (Fsp3) is 0.600. The molecule has 3 rings (SSSR count). The summed E-state index contributed by atoms with van der Waals surface area (Å²) in [5.41, 5.74) is 0.799. The highest BCUT2D eigenvalue weighted by Gasteiger charge is 2.43. The Morgan fingerprint density at radius 3 is 2.41 bits per heavy atom. The van der Waals surface area contributed by atoms with Crippen LogP contribution in [-0.2, 0) is 16.1 Å². The summed E-state index contributed by atoms with van der Waals surface area (Å²) in [4.78, 5) is 24.5. The summed E-state index contributed by atoms with van der Waals surface area (Å²) >= 11 is 5.74. The number of alkyl halides is 3. The first-order valence-corrected chi connectivity index (χ1v) is 10.3. The van der Waals surface area contributed by atoms with Crippen LogP contribution in [0.2, 0.25) is 5.02 Å². The van der Waals surface area contributed by atoms with E-state index in [0.29, 0.717) is 13.2 Å². The van der Waals surface area contributed by atoms with Crippen molar-refractivity contribution in [2.45, 2.75) is 43.6 Å². The fourth-order valence-electron chi connectivity index (χ4n) is 3.60. The molecule has 0 saturated carbocycles. The number of likely N-dealkylation sites (tertiary alicyclic amines) is 1. The normalized spacial score (nSPS) is 20.4. The number of piperidine rings is 1. The zero-order chi connectivity index (χ0) is 24.1. The van der Waals surface area contributed by atoms with Crippen molar-refractivity contribution < 1.29 is 37.0 Å². The van der Waals surface area contributed by atoms with E-state index in [1.165, 1.54) is 6.07 Å². The average molecular weight is 484 g/mol. The van der Waals surface area contributed by atoms with Crippen LogP contribution < -0.4 is 5.32 Å². The lowest BCUT2D eigenvalue weighted by Crippen LogP contribution is -2.45. The molecule has 0 aliphatic carbocycles. The zero-order valence-corrected chi connectivity index (χ0v) is 18.5. The van der Waals surface area contributed by atoms with Gasteiger partial charge in [-0.15, -0.1) is 0 Å². The molecule has 1 spiro atoms. The fourth-order valence-corrected chi connectivity index (χ4v) is 3.72. The van der Waals surface area contributed by atoms with Crippen LogP contribution in [0.4, 0.5) is 22.4 Å². The SMILES string of the molecule is CN(C)C(=O)NC1COC2(CCN(Cc3ccc(Cl)c(F)c3)CC2)C1.O=C(O)C(F)(F)F. The number of rotatable bonds is 3. The second kappa shape index (κ2) is 10.7. The summed E-state index contributed by atoms with van der Waals surface area (Å²) in [7, 11) is 3.47. The van der Waals surface area contributed by atoms with Crippen LogP contribution in [0, 0.1) is 5.82 Å². The molecular weight excluding hydrogens is 458 g/mol. The molecule has 2 heterocycles. The first-order valence-electron chi connectivity index (χ1n) is 9.89. The number of nitrogens with zero attached hydrogens (tertiary/aromatic N) is 2. The summed E-state index contributed by atoms with van der Waals surface area (Å²) in [6.45, 7) is 3.09. The van der Waals surface area contributed by atoms with Crippen molar-refractivity contribution in [2.75, 3.05) is 33.8 Å². The van der Waals surface area contributed by atoms with E-state index in [9.17, 15) is 22.4 Å². The smallest absolute Gasteiger partial charge is 0.475 e. The van der Waals surface area contributed by atoms with Gasteiger partial charge in [-0.2, -0.15) is 13.2 Å². The van der Waals surface area contributed by atoms with Gasteiger partial charge in [0.1, 0.15) is 5.82 Å². The lowest BCUT2D eigenvalue weighted by Gasteiger charge is -2.38. The molecule has 2 aliphatic heterocycles. The van der Waals surface area contributed by atoms with Gasteiger partial charge in [0.25, 0.3) is 0 Å². The number of amides is 2. The second-order valence-electron chi connectivity index (χ2n) is 8.07. The highest BCUT2D eigenvalue weighted by molar-refractivity contribution is 6.30. The van der Waals surface area contributed by atoms with Gasteiger partial charge in [0.05, 0.1) is 23.3 Å². The molecule has 12 heteroatoms. The Hall–Kier alpha value is -2.11. The Labute approximate surface area is 188 Å². The number of benzene rings is 1. The number of urea groups is 1. The number of carboxylic acids is 1. The number of carbonyl (C=O) groups is 2. The minimum absolute atomic E-state index is 0.0758. The van der Waals surface area contributed by atoms with Crippen molar-refractivity contribution in [3.8, 4) is 0 Å². The van der Waals surface area contributed by atoms with Crippen LogP contribution in [0.5, 0.6) is 0 Å². The average Bonchev–Trinajstić information content (AvgIpc) is 3.08. The number of aliphatic carboxylic acids is 1. The van der Waals surface area contributed by atoms with Crippen LogP contribution in [-0.4, -0.2) is 78.5 Å². The van der Waals surface area contributed by atoms with Gasteiger partial charge in [0.2, 0.25) is 0 Å². The molecule has 1 aromatic rings. The van der Waals surface area contributed by atoms with Crippen molar-refractivity contribution in [3.63, 3.8) is 0 Å². The lowest BCUT2D eigenvalue weighted by molar-refractivity contribution is -0.192. The summed E-state index contributed by atoms with van der Waals surface area (Å²) in [5, 5.41) is 10.3. The van der Waals surface area contributed by atoms with Crippen molar-refractivity contribution in [3.05, 3.63) is 34.6 Å². The van der Waals surface area contributed by atoms with E-state index < -0.39 is 12.1 Å². The van der Waals surface area contributed by atoms with Gasteiger partial charge in [0.15, 0.2) is 0 Å². The molecule has 7 nitrogen and oxygen atoms in total. The van der Waals surface area contributed by atoms with Crippen LogP contribution >= 0.6 is 11.6 Å². The molecule has 2 saturated heterocycles. The van der Waals surface area contributed by atoms with Crippen molar-refractivity contribution >= 4 is 23.6 Å². The number of carboxylic acid groups (broad SMARTS) is 1. The molecule has 2 amide bonds. The van der Waals surface area contributed by atoms with E-state index in [1.54, 1.807) is 25.1 Å². The molecule has 0 bridgehead atoms. The van der Waals surface area contributed by atoms with Crippen molar-refractivity contribution in [2.24, 2.45) is 0 Å². The Morgan fingerprint density at radius 2 is 1.91 bits per heavy atom. The maximum atomic E-state index is 13.6. The molecule has 2 aliphatic rings. The minimum atomic E-state index is -5.08. The van der Waals surface area contributed by atoms with Crippen LogP contribution in [0.3, 0.4) is 0 Å². The maximum absolute atomic E-state index is 13.6. The van der Waals surface area contributed by atoms with Crippen LogP contribution in [0.1, 0.15) is 24.8 Å². The summed E-state index contributed by atoms with van der Waals surface area (Å²) < 4.78 is 51.4. The third-order valence-corrected chi connectivity index (χ3v) is 5.65. The number of hydrogen-bond donors (Lipinski definition) is 2. The van der Waals surface area contributed by atoms with E-state index in [0.717, 1.165) is 37.9 Å². The van der Waals surface area contributed by atoms with Crippen molar-refractivity contribution in [1.82, 2.24) is 15.1 Å². The second-order valence-corrected chi connectivity index (χ2v) is 8.47. The Kier molecular flexibility index (Phi) is 8.72. The predicted molar refractivity (Wildman–Crippen MR) is 109 cm³/mol. The Balaban J connectivity index is 0.000000451. The molecule has 2 fully saturated rings. The number of carbonyl (C=O) groups excluding carboxylic acids is 1. The monoisotopic (exact) mass is 483 g/mol. The highest BCUT2D eigenvalue weighted by Crippen LogP contribution is 2.36. The van der Waals surface area contributed by atoms with E-state index in [-0.39, 0.29) is 28.5 Å². The van der Waals surface area contributed by atoms with E-state index in [1.807, 2.05) is 6.07 Å². The first-order chi connectivity index (χ1) is 14.8. The van der Waals surface area contributed by atoms with E-state index >= 15 is 0 Å². The van der Waals surface area contributed by atoms with E-state index in [4.69, 9.17) is 26.2 Å². The third-order valence-electron chi connectivity index (χ3n) is 5.34. The van der Waals surface area contributed by atoms with Gasteiger partial charge in [-0.05, 0) is 37.0 Å². The zero-order valence-electron chi connectivity index (χ0n) is 17.7. The van der Waals surface area contributed by atoms with E-state index in [2.05, 4.69) is 10.2 Å². The molecule has 32 heavy (non-hydrogen) atoms. The summed E-state index contributed by atoms with van der Waals surface area (Å²) in [6, 6.07) is 4.98. The van der Waals surface area contributed by atoms with Gasteiger partial charge >= 0.3 is 18.2 Å². The Bertz CT molecular complexity index is 815. The van der Waals surface area contributed by atoms with Crippen LogP contribution in [0.15, 0.2) is 18.2 Å². The largest absolute Gasteiger partial charge is 0.490 e. The number of hydrogen-bond acceptors (Lipinski definition) is 4. The minimum Gasteiger partial charge on any atom is -0.475 e. The molecule has 1 atom stereocenters. The predicted octanol–water partition coefficient (Wildman–Crippen LogP) is 3.51. The quantitative estimate of drug-likeness (QED) is 0.643. The summed E-state index contributed by atoms with van der Waals surface area (Å²) in [6.07, 6.45) is -2.37.